The van der Waals surface area contributed by atoms with Crippen LogP contribution in [0.2, 0.25) is 6.04 Å². The van der Waals surface area contributed by atoms with E-state index in [2.05, 4.69) is 12.6 Å². The fourth-order valence-corrected chi connectivity index (χ4v) is 3.56. The highest BCUT2D eigenvalue weighted by Crippen LogP contribution is 2.16. The fraction of sp³-hybridized carbons (Fsp3) is 1.00. The lowest BCUT2D eigenvalue weighted by molar-refractivity contribution is 0.0976. The van der Waals surface area contributed by atoms with Crippen molar-refractivity contribution in [1.29, 1.82) is 0 Å². The van der Waals surface area contributed by atoms with Crippen molar-refractivity contribution < 1.29 is 13.3 Å². The smallest absolute Gasteiger partial charge is 0.377 e. The molecule has 0 aromatic carbocycles. The highest BCUT2D eigenvalue weighted by Gasteiger charge is 2.37. The van der Waals surface area contributed by atoms with Gasteiger partial charge in [0.25, 0.3) is 0 Å². The van der Waals surface area contributed by atoms with E-state index >= 15 is 0 Å². The van der Waals surface area contributed by atoms with E-state index in [0.717, 1.165) is 24.6 Å². The molecule has 0 atom stereocenters. The highest BCUT2D eigenvalue weighted by molar-refractivity contribution is 7.80. The predicted octanol–water partition coefficient (Wildman–Crippen LogP) is 0.903. The zero-order valence-corrected chi connectivity index (χ0v) is 10.9. The van der Waals surface area contributed by atoms with Gasteiger partial charge in [0.2, 0.25) is 0 Å². The number of nitrogens with two attached hydrogens (primary N) is 1. The number of hydrogen-bond donors (Lipinski definition) is 2. The van der Waals surface area contributed by atoms with E-state index in [1.165, 1.54) is 0 Å². The second kappa shape index (κ2) is 8.69. The van der Waals surface area contributed by atoms with Crippen molar-refractivity contribution in [3.63, 3.8) is 0 Å². The quantitative estimate of drug-likeness (QED) is 0.357. The molecule has 0 heterocycles. The molecule has 0 aliphatic heterocycles. The van der Waals surface area contributed by atoms with Crippen LogP contribution in [0.1, 0.15) is 12.8 Å². The average Bonchev–Trinajstić information content (AvgIpc) is 2.24. The molecule has 0 saturated carbocycles. The third-order valence-electron chi connectivity index (χ3n) is 1.93. The van der Waals surface area contributed by atoms with Gasteiger partial charge in [-0.05, 0) is 25.1 Å². The maximum Gasteiger partial charge on any atom is 0.500 e. The van der Waals surface area contributed by atoms with Crippen LogP contribution in [0.15, 0.2) is 0 Å². The minimum Gasteiger partial charge on any atom is -0.377 e. The van der Waals surface area contributed by atoms with Crippen molar-refractivity contribution in [3.05, 3.63) is 0 Å². The summed E-state index contributed by atoms with van der Waals surface area (Å²) in [6, 6.07) is 0.814. The molecule has 0 rings (SSSR count). The number of thiol groups is 1. The summed E-state index contributed by atoms with van der Waals surface area (Å²) in [6.07, 6.45) is 1.78. The SMILES string of the molecule is CO[Si](CCCS)(OC)OCCCN. The minimum absolute atomic E-state index is 0.608. The molecule has 14 heavy (non-hydrogen) atoms. The zero-order chi connectivity index (χ0) is 10.9. The Kier molecular flexibility index (Phi) is 8.95. The maximum atomic E-state index is 5.65. The van der Waals surface area contributed by atoms with E-state index < -0.39 is 8.80 Å². The molecule has 4 nitrogen and oxygen atoms in total. The Morgan fingerprint density at radius 3 is 2.29 bits per heavy atom. The third-order valence-corrected chi connectivity index (χ3v) is 5.10. The van der Waals surface area contributed by atoms with Gasteiger partial charge in [0.1, 0.15) is 0 Å². The average molecular weight is 239 g/mol. The first-order valence-electron chi connectivity index (χ1n) is 4.80. The van der Waals surface area contributed by atoms with Gasteiger partial charge >= 0.3 is 8.80 Å². The molecule has 0 aromatic heterocycles. The molecule has 0 bridgehead atoms. The van der Waals surface area contributed by atoms with E-state index in [-0.39, 0.29) is 0 Å². The summed E-state index contributed by atoms with van der Waals surface area (Å²) in [5.74, 6) is 0.821. The summed E-state index contributed by atoms with van der Waals surface area (Å²) in [5, 5.41) is 0. The summed E-state index contributed by atoms with van der Waals surface area (Å²) in [4.78, 5) is 0. The summed E-state index contributed by atoms with van der Waals surface area (Å²) in [6.45, 7) is 1.24. The first-order valence-corrected chi connectivity index (χ1v) is 7.36. The predicted molar refractivity (Wildman–Crippen MR) is 62.7 cm³/mol. The standard InChI is InChI=1S/C8H21NO3SSi/c1-10-14(11-2,8-4-7-13)12-6-3-5-9/h13H,3-9H2,1-2H3. The van der Waals surface area contributed by atoms with Gasteiger partial charge in [0.05, 0.1) is 0 Å². The molecule has 0 amide bonds. The molecule has 0 radical (unpaired) electrons. The Labute approximate surface area is 92.9 Å². The van der Waals surface area contributed by atoms with Crippen LogP contribution in [0.25, 0.3) is 0 Å². The molecule has 0 spiro atoms. The van der Waals surface area contributed by atoms with Crippen molar-refractivity contribution in [3.8, 4) is 0 Å². The molecule has 6 heteroatoms. The van der Waals surface area contributed by atoms with Crippen LogP contribution in [-0.2, 0) is 13.3 Å². The van der Waals surface area contributed by atoms with Crippen LogP contribution >= 0.6 is 12.6 Å². The van der Waals surface area contributed by atoms with Gasteiger partial charge in [-0.15, -0.1) is 0 Å². The van der Waals surface area contributed by atoms with E-state index in [1.807, 2.05) is 0 Å². The Morgan fingerprint density at radius 2 is 1.86 bits per heavy atom. The van der Waals surface area contributed by atoms with Gasteiger partial charge in [-0.3, -0.25) is 0 Å². The Hall–Kier alpha value is 0.407. The largest absolute Gasteiger partial charge is 0.500 e. The molecule has 2 N–H and O–H groups in total. The molecule has 0 saturated heterocycles. The minimum atomic E-state index is -2.41. The van der Waals surface area contributed by atoms with E-state index in [9.17, 15) is 0 Å². The maximum absolute atomic E-state index is 5.65. The first-order chi connectivity index (χ1) is 6.74. The lowest BCUT2D eigenvalue weighted by Gasteiger charge is -2.26. The van der Waals surface area contributed by atoms with Gasteiger partial charge in [-0.25, -0.2) is 0 Å². The van der Waals surface area contributed by atoms with Crippen LogP contribution in [0.4, 0.5) is 0 Å². The van der Waals surface area contributed by atoms with Crippen LogP contribution in [0.3, 0.4) is 0 Å². The van der Waals surface area contributed by atoms with Crippen molar-refractivity contribution in [2.75, 3.05) is 33.1 Å². The lowest BCUT2D eigenvalue weighted by Crippen LogP contribution is -2.44. The fourth-order valence-electron chi connectivity index (χ4n) is 1.08. The second-order valence-electron chi connectivity index (χ2n) is 2.91. The van der Waals surface area contributed by atoms with Gasteiger partial charge in [0, 0.05) is 26.9 Å². The van der Waals surface area contributed by atoms with Crippen molar-refractivity contribution >= 4 is 21.4 Å². The highest BCUT2D eigenvalue weighted by atomic mass is 32.1. The third kappa shape index (κ3) is 5.33. The first kappa shape index (κ1) is 14.4. The molecular formula is C8H21NO3SSi. The number of rotatable bonds is 9. The van der Waals surface area contributed by atoms with E-state index in [0.29, 0.717) is 13.2 Å². The van der Waals surface area contributed by atoms with Gasteiger partial charge in [-0.1, -0.05) is 0 Å². The Bertz CT molecular complexity index is 136. The van der Waals surface area contributed by atoms with Crippen molar-refractivity contribution in [1.82, 2.24) is 0 Å². The van der Waals surface area contributed by atoms with Crippen LogP contribution < -0.4 is 5.73 Å². The van der Waals surface area contributed by atoms with E-state index in [4.69, 9.17) is 19.0 Å². The van der Waals surface area contributed by atoms with Crippen LogP contribution in [-0.4, -0.2) is 41.9 Å². The lowest BCUT2D eigenvalue weighted by atomic mass is 10.5. The molecular weight excluding hydrogens is 218 g/mol. The Balaban J connectivity index is 3.94. The van der Waals surface area contributed by atoms with Gasteiger partial charge in [-0.2, -0.15) is 12.6 Å². The summed E-state index contributed by atoms with van der Waals surface area (Å²) in [7, 11) is 0.865. The Morgan fingerprint density at radius 1 is 1.21 bits per heavy atom. The normalized spacial score (nSPS) is 12.0. The molecule has 0 fully saturated rings. The monoisotopic (exact) mass is 239 g/mol. The molecule has 0 aliphatic carbocycles. The second-order valence-corrected chi connectivity index (χ2v) is 6.33. The van der Waals surface area contributed by atoms with E-state index in [1.54, 1.807) is 14.2 Å². The summed E-state index contributed by atoms with van der Waals surface area (Å²) < 4.78 is 16.4. The zero-order valence-electron chi connectivity index (χ0n) is 8.99. The van der Waals surface area contributed by atoms with Gasteiger partial charge in [0.15, 0.2) is 0 Å². The molecule has 0 aromatic rings. The number of hydrogen-bond acceptors (Lipinski definition) is 5. The topological polar surface area (TPSA) is 53.7 Å². The van der Waals surface area contributed by atoms with Crippen LogP contribution in [0.5, 0.6) is 0 Å². The van der Waals surface area contributed by atoms with Crippen LogP contribution in [0, 0.1) is 0 Å². The summed E-state index contributed by atoms with van der Waals surface area (Å²) >= 11 is 4.16. The van der Waals surface area contributed by atoms with Gasteiger partial charge < -0.3 is 19.0 Å². The summed E-state index contributed by atoms with van der Waals surface area (Å²) in [5.41, 5.74) is 5.38. The molecule has 86 valence electrons. The van der Waals surface area contributed by atoms with Crippen molar-refractivity contribution in [2.45, 2.75) is 18.9 Å². The molecule has 0 aliphatic rings. The molecule has 0 unspecified atom stereocenters. The van der Waals surface area contributed by atoms with Crippen molar-refractivity contribution in [2.24, 2.45) is 5.73 Å².